The molecule has 0 aliphatic carbocycles. The van der Waals surface area contributed by atoms with Gasteiger partial charge in [0.2, 0.25) is 0 Å². The fourth-order valence-electron chi connectivity index (χ4n) is 2.99. The molecule has 3 rings (SSSR count). The van der Waals surface area contributed by atoms with Gasteiger partial charge in [-0.1, -0.05) is 28.1 Å². The van der Waals surface area contributed by atoms with Gasteiger partial charge in [-0.05, 0) is 50.1 Å². The van der Waals surface area contributed by atoms with Gasteiger partial charge in [0.05, 0.1) is 23.4 Å². The number of aromatic nitrogens is 2. The second kappa shape index (κ2) is 6.77. The van der Waals surface area contributed by atoms with Gasteiger partial charge < -0.3 is 5.32 Å². The van der Waals surface area contributed by atoms with E-state index in [1.807, 2.05) is 32.0 Å². The molecule has 0 saturated heterocycles. The highest BCUT2D eigenvalue weighted by atomic mass is 79.9. The first-order valence-electron chi connectivity index (χ1n) is 7.80. The molecule has 2 aromatic carbocycles. The first-order valence-corrected chi connectivity index (χ1v) is 8.60. The van der Waals surface area contributed by atoms with Crippen molar-refractivity contribution in [3.05, 3.63) is 63.0 Å². The van der Waals surface area contributed by atoms with Crippen LogP contribution < -0.4 is 5.32 Å². The molecule has 1 N–H and O–H groups in total. The lowest BCUT2D eigenvalue weighted by Gasteiger charge is -2.19. The largest absolute Gasteiger partial charge is 0.362 e. The molecule has 0 spiro atoms. The smallest absolute Gasteiger partial charge is 0.157 e. The number of nitriles is 1. The first kappa shape index (κ1) is 17.3. The molecule has 1 heterocycles. The SMILES string of the molecule is Cc1c(C#N)cccc1C(C)Nc1nnc(C)c2c(F)cc(Br)cc12. The molecule has 4 nitrogen and oxygen atoms in total. The Kier molecular flexibility index (Phi) is 4.69. The fourth-order valence-corrected chi connectivity index (χ4v) is 3.42. The zero-order valence-corrected chi connectivity index (χ0v) is 15.6. The zero-order valence-electron chi connectivity index (χ0n) is 14.1. The summed E-state index contributed by atoms with van der Waals surface area (Å²) in [6.45, 7) is 5.63. The predicted molar refractivity (Wildman–Crippen MR) is 99.9 cm³/mol. The maximum Gasteiger partial charge on any atom is 0.157 e. The third kappa shape index (κ3) is 3.20. The number of nitrogens with zero attached hydrogens (tertiary/aromatic N) is 3. The Bertz CT molecular complexity index is 1010. The van der Waals surface area contributed by atoms with E-state index in [-0.39, 0.29) is 11.9 Å². The minimum absolute atomic E-state index is 0.115. The molecule has 0 bridgehead atoms. The number of halogens is 2. The number of hydrogen-bond acceptors (Lipinski definition) is 4. The molecule has 0 radical (unpaired) electrons. The normalized spacial score (nSPS) is 12.0. The van der Waals surface area contributed by atoms with E-state index in [1.54, 1.807) is 13.0 Å². The van der Waals surface area contributed by atoms with Crippen LogP contribution in [0.1, 0.15) is 35.3 Å². The molecule has 126 valence electrons. The Labute approximate surface area is 153 Å². The van der Waals surface area contributed by atoms with Crippen LogP contribution in [-0.2, 0) is 0 Å². The quantitative estimate of drug-likeness (QED) is 0.658. The topological polar surface area (TPSA) is 61.6 Å². The third-order valence-electron chi connectivity index (χ3n) is 4.29. The van der Waals surface area contributed by atoms with Crippen molar-refractivity contribution in [2.24, 2.45) is 0 Å². The van der Waals surface area contributed by atoms with Crippen molar-refractivity contribution >= 4 is 32.5 Å². The Balaban J connectivity index is 2.07. The molecule has 25 heavy (non-hydrogen) atoms. The van der Waals surface area contributed by atoms with Crippen LogP contribution in [0.5, 0.6) is 0 Å². The van der Waals surface area contributed by atoms with Gasteiger partial charge in [-0.3, -0.25) is 0 Å². The number of aryl methyl sites for hydroxylation is 1. The number of nitrogens with one attached hydrogen (secondary N) is 1. The lowest BCUT2D eigenvalue weighted by molar-refractivity contribution is 0.637. The molecule has 0 aliphatic heterocycles. The van der Waals surface area contributed by atoms with Crippen LogP contribution >= 0.6 is 15.9 Å². The van der Waals surface area contributed by atoms with E-state index in [9.17, 15) is 9.65 Å². The number of fused-ring (bicyclic) bond motifs is 1. The highest BCUT2D eigenvalue weighted by molar-refractivity contribution is 9.10. The average Bonchev–Trinajstić information content (AvgIpc) is 2.57. The van der Waals surface area contributed by atoms with Gasteiger partial charge in [-0.15, -0.1) is 5.10 Å². The second-order valence-electron chi connectivity index (χ2n) is 5.94. The molecule has 0 fully saturated rings. The van der Waals surface area contributed by atoms with E-state index >= 15 is 0 Å². The summed E-state index contributed by atoms with van der Waals surface area (Å²) in [7, 11) is 0. The van der Waals surface area contributed by atoms with Gasteiger partial charge in [-0.25, -0.2) is 4.39 Å². The lowest BCUT2D eigenvalue weighted by atomic mass is 9.98. The molecule has 1 unspecified atom stereocenters. The summed E-state index contributed by atoms with van der Waals surface area (Å²) in [5, 5.41) is 21.9. The van der Waals surface area contributed by atoms with Crippen LogP contribution in [0.2, 0.25) is 0 Å². The van der Waals surface area contributed by atoms with Crippen molar-refractivity contribution in [1.82, 2.24) is 10.2 Å². The van der Waals surface area contributed by atoms with E-state index in [1.165, 1.54) is 6.07 Å². The van der Waals surface area contributed by atoms with Gasteiger partial charge in [0.1, 0.15) is 5.82 Å². The highest BCUT2D eigenvalue weighted by Crippen LogP contribution is 2.31. The monoisotopic (exact) mass is 398 g/mol. The molecule has 0 amide bonds. The fraction of sp³-hybridized carbons (Fsp3) is 0.211. The number of hydrogen-bond donors (Lipinski definition) is 1. The minimum atomic E-state index is -0.338. The van der Waals surface area contributed by atoms with Crippen molar-refractivity contribution in [3.8, 4) is 6.07 Å². The van der Waals surface area contributed by atoms with E-state index < -0.39 is 0 Å². The Morgan fingerprint density at radius 2 is 2.00 bits per heavy atom. The maximum atomic E-state index is 14.3. The number of rotatable bonds is 3. The van der Waals surface area contributed by atoms with Crippen LogP contribution in [-0.4, -0.2) is 10.2 Å². The van der Waals surface area contributed by atoms with E-state index in [0.717, 1.165) is 11.1 Å². The van der Waals surface area contributed by atoms with Crippen molar-refractivity contribution in [2.45, 2.75) is 26.8 Å². The Morgan fingerprint density at radius 1 is 1.24 bits per heavy atom. The summed E-state index contributed by atoms with van der Waals surface area (Å²) in [6, 6.07) is 10.9. The van der Waals surface area contributed by atoms with Gasteiger partial charge in [0, 0.05) is 15.2 Å². The van der Waals surface area contributed by atoms with Crippen molar-refractivity contribution in [3.63, 3.8) is 0 Å². The second-order valence-corrected chi connectivity index (χ2v) is 6.86. The Morgan fingerprint density at radius 3 is 2.72 bits per heavy atom. The van der Waals surface area contributed by atoms with E-state index in [4.69, 9.17) is 0 Å². The van der Waals surface area contributed by atoms with Gasteiger partial charge in [0.25, 0.3) is 0 Å². The van der Waals surface area contributed by atoms with Crippen LogP contribution in [0.15, 0.2) is 34.8 Å². The summed E-state index contributed by atoms with van der Waals surface area (Å²) in [6.07, 6.45) is 0. The average molecular weight is 399 g/mol. The van der Waals surface area contributed by atoms with Crippen molar-refractivity contribution in [2.75, 3.05) is 5.32 Å². The van der Waals surface area contributed by atoms with Gasteiger partial charge in [0.15, 0.2) is 5.82 Å². The number of anilines is 1. The minimum Gasteiger partial charge on any atom is -0.362 e. The summed E-state index contributed by atoms with van der Waals surface area (Å²) in [5.74, 6) is 0.171. The standard InChI is InChI=1S/C19H16BrFN4/c1-10-13(9-22)5-4-6-15(10)11(2)23-19-16-7-14(20)8-17(21)18(16)12(3)24-25-19/h4-8,11H,1-3H3,(H,23,25). The third-order valence-corrected chi connectivity index (χ3v) is 4.75. The predicted octanol–water partition coefficient (Wildman–Crippen LogP) is 5.19. The highest BCUT2D eigenvalue weighted by Gasteiger charge is 2.16. The van der Waals surface area contributed by atoms with E-state index in [0.29, 0.717) is 32.3 Å². The Hall–Kier alpha value is -2.52. The summed E-state index contributed by atoms with van der Waals surface area (Å²) in [4.78, 5) is 0. The van der Waals surface area contributed by atoms with Crippen LogP contribution in [0.3, 0.4) is 0 Å². The molecule has 6 heteroatoms. The summed E-state index contributed by atoms with van der Waals surface area (Å²) >= 11 is 3.33. The van der Waals surface area contributed by atoms with Crippen molar-refractivity contribution < 1.29 is 4.39 Å². The molecular weight excluding hydrogens is 383 g/mol. The van der Waals surface area contributed by atoms with Gasteiger partial charge in [-0.2, -0.15) is 10.4 Å². The summed E-state index contributed by atoms with van der Waals surface area (Å²) < 4.78 is 15.0. The van der Waals surface area contributed by atoms with Crippen molar-refractivity contribution in [1.29, 1.82) is 5.26 Å². The van der Waals surface area contributed by atoms with Crippen LogP contribution in [0.4, 0.5) is 10.2 Å². The molecule has 1 atom stereocenters. The van der Waals surface area contributed by atoms with Crippen LogP contribution in [0, 0.1) is 31.0 Å². The number of benzene rings is 2. The molecule has 0 saturated carbocycles. The molecular formula is C19H16BrFN4. The molecule has 3 aromatic rings. The first-order chi connectivity index (χ1) is 11.9. The lowest BCUT2D eigenvalue weighted by Crippen LogP contribution is -2.11. The zero-order chi connectivity index (χ0) is 18.1. The summed E-state index contributed by atoms with van der Waals surface area (Å²) in [5.41, 5.74) is 3.09. The van der Waals surface area contributed by atoms with E-state index in [2.05, 4.69) is 37.5 Å². The van der Waals surface area contributed by atoms with Crippen LogP contribution in [0.25, 0.3) is 10.8 Å². The maximum absolute atomic E-state index is 14.3. The molecule has 1 aromatic heterocycles. The molecule has 0 aliphatic rings. The van der Waals surface area contributed by atoms with Gasteiger partial charge >= 0.3 is 0 Å².